The first-order chi connectivity index (χ1) is 9.77. The van der Waals surface area contributed by atoms with Crippen molar-refractivity contribution in [3.05, 3.63) is 70.5 Å². The second-order valence-electron chi connectivity index (χ2n) is 5.03. The van der Waals surface area contributed by atoms with Crippen molar-refractivity contribution >= 4 is 0 Å². The summed E-state index contributed by atoms with van der Waals surface area (Å²) in [6.07, 6.45) is -4.33. The molecule has 21 heavy (non-hydrogen) atoms. The van der Waals surface area contributed by atoms with Crippen LogP contribution in [0.3, 0.4) is 0 Å². The Labute approximate surface area is 120 Å². The number of hydrogen-bond donors (Lipinski definition) is 1. The van der Waals surface area contributed by atoms with Crippen LogP contribution in [0, 0.1) is 12.7 Å². The van der Waals surface area contributed by atoms with Gasteiger partial charge in [-0.25, -0.2) is 4.39 Å². The fraction of sp³-hybridized carbons (Fsp3) is 0.250. The number of aryl methyl sites for hydroxylation is 1. The molecule has 0 fully saturated rings. The van der Waals surface area contributed by atoms with E-state index in [0.717, 1.165) is 29.3 Å². The van der Waals surface area contributed by atoms with E-state index >= 15 is 0 Å². The van der Waals surface area contributed by atoms with Crippen LogP contribution in [0.15, 0.2) is 42.5 Å². The van der Waals surface area contributed by atoms with Gasteiger partial charge in [0.15, 0.2) is 0 Å². The third-order valence-corrected chi connectivity index (χ3v) is 3.26. The van der Waals surface area contributed by atoms with Crippen LogP contribution in [0.2, 0.25) is 0 Å². The molecule has 2 aromatic rings. The van der Waals surface area contributed by atoms with E-state index in [2.05, 4.69) is 0 Å². The number of rotatable bonds is 3. The molecule has 1 unspecified atom stereocenters. The van der Waals surface area contributed by atoms with Gasteiger partial charge in [-0.2, -0.15) is 13.2 Å². The Bertz CT molecular complexity index is 634. The first-order valence-electron chi connectivity index (χ1n) is 6.45. The molecule has 2 aromatic carbocycles. The van der Waals surface area contributed by atoms with Crippen molar-refractivity contribution in [1.29, 1.82) is 0 Å². The molecule has 2 N–H and O–H groups in total. The second-order valence-corrected chi connectivity index (χ2v) is 5.03. The lowest BCUT2D eigenvalue weighted by Gasteiger charge is -2.18. The quantitative estimate of drug-likeness (QED) is 0.835. The molecule has 0 saturated heterocycles. The van der Waals surface area contributed by atoms with Gasteiger partial charge >= 0.3 is 6.18 Å². The molecule has 0 spiro atoms. The standard InChI is InChI=1S/C16H15F4N/c1-10-3-2-4-11(7-10)8-15(21)13-9-12(17)5-6-14(13)16(18,19)20/h2-7,9,15H,8,21H2,1H3. The highest BCUT2D eigenvalue weighted by Crippen LogP contribution is 2.35. The third kappa shape index (κ3) is 3.82. The van der Waals surface area contributed by atoms with Crippen LogP contribution in [0.1, 0.15) is 28.3 Å². The summed E-state index contributed by atoms with van der Waals surface area (Å²) in [4.78, 5) is 0. The molecule has 1 atom stereocenters. The van der Waals surface area contributed by atoms with E-state index < -0.39 is 23.6 Å². The molecule has 112 valence electrons. The fourth-order valence-electron chi connectivity index (χ4n) is 2.30. The number of benzene rings is 2. The lowest BCUT2D eigenvalue weighted by molar-refractivity contribution is -0.138. The molecule has 0 aliphatic carbocycles. The lowest BCUT2D eigenvalue weighted by Crippen LogP contribution is -2.19. The molecular weight excluding hydrogens is 282 g/mol. The van der Waals surface area contributed by atoms with Crippen molar-refractivity contribution in [2.75, 3.05) is 0 Å². The van der Waals surface area contributed by atoms with Crippen molar-refractivity contribution in [2.45, 2.75) is 25.6 Å². The van der Waals surface area contributed by atoms with Crippen LogP contribution in [0.25, 0.3) is 0 Å². The van der Waals surface area contributed by atoms with Gasteiger partial charge in [0.05, 0.1) is 5.56 Å². The molecule has 2 rings (SSSR count). The predicted molar refractivity (Wildman–Crippen MR) is 73.2 cm³/mol. The van der Waals surface area contributed by atoms with E-state index in [1.54, 1.807) is 6.07 Å². The Balaban J connectivity index is 2.34. The Morgan fingerprint density at radius 2 is 1.81 bits per heavy atom. The molecule has 0 amide bonds. The van der Waals surface area contributed by atoms with E-state index in [1.165, 1.54) is 0 Å². The molecule has 1 nitrogen and oxygen atoms in total. The van der Waals surface area contributed by atoms with Crippen molar-refractivity contribution in [1.82, 2.24) is 0 Å². The summed E-state index contributed by atoms with van der Waals surface area (Å²) in [5, 5.41) is 0. The highest BCUT2D eigenvalue weighted by atomic mass is 19.4. The summed E-state index contributed by atoms with van der Waals surface area (Å²) in [5.41, 5.74) is 6.59. The zero-order valence-electron chi connectivity index (χ0n) is 11.4. The first kappa shape index (κ1) is 15.5. The summed E-state index contributed by atoms with van der Waals surface area (Å²) < 4.78 is 52.2. The number of alkyl halides is 3. The number of hydrogen-bond acceptors (Lipinski definition) is 1. The van der Waals surface area contributed by atoms with Gasteiger partial charge < -0.3 is 5.73 Å². The molecule has 0 bridgehead atoms. The largest absolute Gasteiger partial charge is 0.416 e. The zero-order valence-corrected chi connectivity index (χ0v) is 11.4. The topological polar surface area (TPSA) is 26.0 Å². The molecule has 0 heterocycles. The Kier molecular flexibility index (Phi) is 4.32. The highest BCUT2D eigenvalue weighted by Gasteiger charge is 2.34. The van der Waals surface area contributed by atoms with Crippen molar-refractivity contribution in [3.63, 3.8) is 0 Å². The minimum absolute atomic E-state index is 0.216. The molecule has 0 saturated carbocycles. The van der Waals surface area contributed by atoms with Crippen molar-refractivity contribution < 1.29 is 17.6 Å². The van der Waals surface area contributed by atoms with Crippen LogP contribution < -0.4 is 5.73 Å². The maximum Gasteiger partial charge on any atom is 0.416 e. The average molecular weight is 297 g/mol. The molecule has 5 heteroatoms. The van der Waals surface area contributed by atoms with Crippen molar-refractivity contribution in [3.8, 4) is 0 Å². The molecular formula is C16H15F4N. The first-order valence-corrected chi connectivity index (χ1v) is 6.45. The van der Waals surface area contributed by atoms with E-state index in [4.69, 9.17) is 5.73 Å². The fourth-order valence-corrected chi connectivity index (χ4v) is 2.30. The van der Waals surface area contributed by atoms with E-state index in [1.807, 2.05) is 25.1 Å². The molecule has 0 aliphatic heterocycles. The van der Waals surface area contributed by atoms with Gasteiger partial charge in [0.2, 0.25) is 0 Å². The Morgan fingerprint density at radius 3 is 2.43 bits per heavy atom. The lowest BCUT2D eigenvalue weighted by atomic mass is 9.94. The maximum absolute atomic E-state index is 13.3. The summed E-state index contributed by atoms with van der Waals surface area (Å²) in [6.45, 7) is 1.89. The summed E-state index contributed by atoms with van der Waals surface area (Å²) in [6, 6.07) is 8.83. The second kappa shape index (κ2) is 5.85. The number of halogens is 4. The zero-order chi connectivity index (χ0) is 15.6. The molecule has 0 aromatic heterocycles. The van der Waals surface area contributed by atoms with Gasteiger partial charge in [0.25, 0.3) is 0 Å². The minimum atomic E-state index is -4.55. The summed E-state index contributed by atoms with van der Waals surface area (Å²) in [7, 11) is 0. The molecule has 0 radical (unpaired) electrons. The van der Waals surface area contributed by atoms with Gasteiger partial charge in [-0.05, 0) is 42.7 Å². The highest BCUT2D eigenvalue weighted by molar-refractivity contribution is 5.34. The van der Waals surface area contributed by atoms with Crippen LogP contribution in [-0.2, 0) is 12.6 Å². The van der Waals surface area contributed by atoms with Gasteiger partial charge in [-0.3, -0.25) is 0 Å². The van der Waals surface area contributed by atoms with Gasteiger partial charge in [0.1, 0.15) is 5.82 Å². The Morgan fingerprint density at radius 1 is 1.10 bits per heavy atom. The third-order valence-electron chi connectivity index (χ3n) is 3.26. The smallest absolute Gasteiger partial charge is 0.324 e. The minimum Gasteiger partial charge on any atom is -0.324 e. The summed E-state index contributed by atoms with van der Waals surface area (Å²) in [5.74, 6) is -0.724. The van der Waals surface area contributed by atoms with Crippen molar-refractivity contribution in [2.24, 2.45) is 5.73 Å². The normalized spacial score (nSPS) is 13.2. The van der Waals surface area contributed by atoms with Gasteiger partial charge in [-0.15, -0.1) is 0 Å². The van der Waals surface area contributed by atoms with Gasteiger partial charge in [-0.1, -0.05) is 29.8 Å². The monoisotopic (exact) mass is 297 g/mol. The van der Waals surface area contributed by atoms with E-state index in [0.29, 0.717) is 0 Å². The molecule has 0 aliphatic rings. The van der Waals surface area contributed by atoms with Crippen LogP contribution in [-0.4, -0.2) is 0 Å². The van der Waals surface area contributed by atoms with Crippen LogP contribution >= 0.6 is 0 Å². The van der Waals surface area contributed by atoms with Crippen LogP contribution in [0.4, 0.5) is 17.6 Å². The SMILES string of the molecule is Cc1cccc(CC(N)c2cc(F)ccc2C(F)(F)F)c1. The Hall–Kier alpha value is -1.88. The van der Waals surface area contributed by atoms with E-state index in [-0.39, 0.29) is 12.0 Å². The average Bonchev–Trinajstić information content (AvgIpc) is 2.37. The maximum atomic E-state index is 13.3. The van der Waals surface area contributed by atoms with Gasteiger partial charge in [0, 0.05) is 6.04 Å². The predicted octanol–water partition coefficient (Wildman–Crippen LogP) is 4.40. The van der Waals surface area contributed by atoms with Crippen LogP contribution in [0.5, 0.6) is 0 Å². The summed E-state index contributed by atoms with van der Waals surface area (Å²) >= 11 is 0. The van der Waals surface area contributed by atoms with E-state index in [9.17, 15) is 17.6 Å². The number of nitrogens with two attached hydrogens (primary N) is 1.